The number of ketones is 1. The quantitative estimate of drug-likeness (QED) is 0.511. The van der Waals surface area contributed by atoms with Crippen molar-refractivity contribution in [1.82, 2.24) is 4.98 Å². The first kappa shape index (κ1) is 9.88. The summed E-state index contributed by atoms with van der Waals surface area (Å²) in [4.78, 5) is 14.8. The molecule has 64 valence electrons. The van der Waals surface area contributed by atoms with Crippen molar-refractivity contribution in [3.63, 3.8) is 0 Å². The maximum Gasteiger partial charge on any atom is 0.192 e. The van der Waals surface area contributed by atoms with Crippen molar-refractivity contribution >= 4 is 40.0 Å². The highest BCUT2D eigenvalue weighted by molar-refractivity contribution is 14.1. The first-order valence-electron chi connectivity index (χ1n) is 3.11. The van der Waals surface area contributed by atoms with E-state index in [2.05, 4.69) is 4.98 Å². The van der Waals surface area contributed by atoms with Gasteiger partial charge in [-0.15, -0.1) is 0 Å². The van der Waals surface area contributed by atoms with Gasteiger partial charge in [0.25, 0.3) is 0 Å². The van der Waals surface area contributed by atoms with Crippen molar-refractivity contribution in [3.05, 3.63) is 26.5 Å². The molecular formula is C7H5ClINO2. The number of hydrogen-bond acceptors (Lipinski definition) is 3. The van der Waals surface area contributed by atoms with E-state index < -0.39 is 12.4 Å². The van der Waals surface area contributed by atoms with Crippen LogP contribution in [0.2, 0.25) is 5.15 Å². The molecule has 1 rings (SSSR count). The lowest BCUT2D eigenvalue weighted by Gasteiger charge is -2.01. The zero-order chi connectivity index (χ0) is 9.14. The Balaban J connectivity index is 3.21. The number of pyridine rings is 1. The van der Waals surface area contributed by atoms with E-state index >= 15 is 0 Å². The summed E-state index contributed by atoms with van der Waals surface area (Å²) in [6, 6.07) is 1.66. The van der Waals surface area contributed by atoms with Gasteiger partial charge in [0, 0.05) is 9.77 Å². The van der Waals surface area contributed by atoms with Gasteiger partial charge in [-0.3, -0.25) is 4.79 Å². The monoisotopic (exact) mass is 297 g/mol. The predicted octanol–water partition coefficient (Wildman–Crippen LogP) is 1.51. The lowest BCUT2D eigenvalue weighted by atomic mass is 10.2. The molecule has 0 aliphatic rings. The Hall–Kier alpha value is -0.200. The summed E-state index contributed by atoms with van der Waals surface area (Å²) in [5.74, 6) is -0.405. The second kappa shape index (κ2) is 4.15. The van der Waals surface area contributed by atoms with Crippen LogP contribution in [0.15, 0.2) is 12.3 Å². The third-order valence-corrected chi connectivity index (χ3v) is 2.46. The highest BCUT2D eigenvalue weighted by Crippen LogP contribution is 2.19. The molecular weight excluding hydrogens is 292 g/mol. The van der Waals surface area contributed by atoms with E-state index in [1.54, 1.807) is 6.07 Å². The largest absolute Gasteiger partial charge is 0.388 e. The average molecular weight is 297 g/mol. The van der Waals surface area contributed by atoms with Gasteiger partial charge in [0.2, 0.25) is 0 Å². The molecule has 0 aliphatic carbocycles. The number of aromatic nitrogens is 1. The minimum absolute atomic E-state index is 0.140. The fourth-order valence-electron chi connectivity index (χ4n) is 0.742. The molecule has 0 amide bonds. The highest BCUT2D eigenvalue weighted by Gasteiger charge is 2.13. The molecule has 1 aromatic heterocycles. The first-order valence-corrected chi connectivity index (χ1v) is 4.56. The van der Waals surface area contributed by atoms with Gasteiger partial charge in [0.05, 0.1) is 5.56 Å². The number of rotatable bonds is 2. The number of hydrogen-bond donors (Lipinski definition) is 1. The van der Waals surface area contributed by atoms with E-state index in [9.17, 15) is 4.79 Å². The fraction of sp³-hybridized carbons (Fsp3) is 0.143. The van der Waals surface area contributed by atoms with Crippen LogP contribution in [0.5, 0.6) is 0 Å². The van der Waals surface area contributed by atoms with E-state index in [4.69, 9.17) is 16.7 Å². The van der Waals surface area contributed by atoms with Crippen LogP contribution in [0.25, 0.3) is 0 Å². The Bertz CT molecular complexity index is 296. The van der Waals surface area contributed by atoms with Gasteiger partial charge in [0.15, 0.2) is 5.78 Å². The molecule has 0 aromatic carbocycles. The number of halogens is 2. The predicted molar refractivity (Wildman–Crippen MR) is 53.4 cm³/mol. The summed E-state index contributed by atoms with van der Waals surface area (Å²) in [7, 11) is 0. The maximum atomic E-state index is 11.1. The van der Waals surface area contributed by atoms with E-state index in [0.29, 0.717) is 9.13 Å². The van der Waals surface area contributed by atoms with E-state index in [-0.39, 0.29) is 5.15 Å². The summed E-state index contributed by atoms with van der Waals surface area (Å²) >= 11 is 7.62. The summed E-state index contributed by atoms with van der Waals surface area (Å²) in [6.45, 7) is -0.540. The molecule has 0 unspecified atom stereocenters. The molecule has 1 N–H and O–H groups in total. The first-order chi connectivity index (χ1) is 5.66. The maximum absolute atomic E-state index is 11.1. The van der Waals surface area contributed by atoms with Crippen LogP contribution in [0.3, 0.4) is 0 Å². The van der Waals surface area contributed by atoms with Crippen molar-refractivity contribution in [2.45, 2.75) is 0 Å². The zero-order valence-electron chi connectivity index (χ0n) is 5.92. The SMILES string of the molecule is O=C(CO)c1c(I)ccnc1Cl. The normalized spacial score (nSPS) is 9.92. The standard InChI is InChI=1S/C7H5ClINO2/c8-7-6(5(12)3-11)4(9)1-2-10-7/h1-2,11H,3H2. The van der Waals surface area contributed by atoms with Gasteiger partial charge in [-0.25, -0.2) is 4.98 Å². The zero-order valence-corrected chi connectivity index (χ0v) is 8.83. The third-order valence-electron chi connectivity index (χ3n) is 1.28. The highest BCUT2D eigenvalue weighted by atomic mass is 127. The molecule has 3 nitrogen and oxygen atoms in total. The summed E-state index contributed by atoms with van der Waals surface area (Å²) in [6.07, 6.45) is 1.51. The van der Waals surface area contributed by atoms with E-state index in [1.807, 2.05) is 22.6 Å². The molecule has 0 atom stereocenters. The number of Topliss-reactive ketones (excluding diaryl/α,β-unsaturated/α-hetero) is 1. The molecule has 1 aromatic rings. The fourth-order valence-corrected chi connectivity index (χ4v) is 1.88. The lowest BCUT2D eigenvalue weighted by molar-refractivity contribution is 0.0902. The Morgan fingerprint density at radius 1 is 1.75 bits per heavy atom. The van der Waals surface area contributed by atoms with Crippen LogP contribution in [0, 0.1) is 3.57 Å². The molecule has 0 bridgehead atoms. The van der Waals surface area contributed by atoms with Crippen molar-refractivity contribution in [2.75, 3.05) is 6.61 Å². The molecule has 5 heteroatoms. The van der Waals surface area contributed by atoms with Crippen LogP contribution >= 0.6 is 34.2 Å². The lowest BCUT2D eigenvalue weighted by Crippen LogP contribution is -2.08. The number of carbonyl (C=O) groups excluding carboxylic acids is 1. The molecule has 0 spiro atoms. The summed E-state index contributed by atoms with van der Waals surface area (Å²) in [5.41, 5.74) is 0.294. The number of carbonyl (C=O) groups is 1. The number of nitrogens with zero attached hydrogens (tertiary/aromatic N) is 1. The molecule has 0 saturated heterocycles. The number of aliphatic hydroxyl groups is 1. The third kappa shape index (κ3) is 1.94. The summed E-state index contributed by atoms with van der Waals surface area (Å²) < 4.78 is 0.701. The molecule has 12 heavy (non-hydrogen) atoms. The molecule has 1 heterocycles. The van der Waals surface area contributed by atoms with E-state index in [0.717, 1.165) is 0 Å². The van der Waals surface area contributed by atoms with Crippen molar-refractivity contribution in [1.29, 1.82) is 0 Å². The van der Waals surface area contributed by atoms with Gasteiger partial charge >= 0.3 is 0 Å². The second-order valence-corrected chi connectivity index (χ2v) is 3.56. The van der Waals surface area contributed by atoms with Crippen molar-refractivity contribution in [2.24, 2.45) is 0 Å². The van der Waals surface area contributed by atoms with Gasteiger partial charge in [-0.05, 0) is 28.7 Å². The smallest absolute Gasteiger partial charge is 0.192 e. The van der Waals surface area contributed by atoms with Crippen LogP contribution in [0.1, 0.15) is 10.4 Å². The van der Waals surface area contributed by atoms with Crippen LogP contribution in [0.4, 0.5) is 0 Å². The average Bonchev–Trinajstić information content (AvgIpc) is 2.03. The van der Waals surface area contributed by atoms with Gasteiger partial charge in [-0.1, -0.05) is 11.6 Å². The van der Waals surface area contributed by atoms with Gasteiger partial charge in [-0.2, -0.15) is 0 Å². The Labute approximate surface area is 87.9 Å². The van der Waals surface area contributed by atoms with Gasteiger partial charge < -0.3 is 5.11 Å². The minimum atomic E-state index is -0.540. The van der Waals surface area contributed by atoms with E-state index in [1.165, 1.54) is 6.20 Å². The topological polar surface area (TPSA) is 50.2 Å². The Morgan fingerprint density at radius 3 is 2.92 bits per heavy atom. The number of aliphatic hydroxyl groups excluding tert-OH is 1. The minimum Gasteiger partial charge on any atom is -0.388 e. The molecule has 0 radical (unpaired) electrons. The van der Waals surface area contributed by atoms with Crippen LogP contribution < -0.4 is 0 Å². The molecule has 0 fully saturated rings. The molecule has 0 saturated carbocycles. The molecule has 0 aliphatic heterocycles. The summed E-state index contributed by atoms with van der Waals surface area (Å²) in [5, 5.41) is 8.74. The Kier molecular flexibility index (Phi) is 3.42. The second-order valence-electron chi connectivity index (χ2n) is 2.04. The van der Waals surface area contributed by atoms with Crippen LogP contribution in [-0.4, -0.2) is 22.5 Å². The van der Waals surface area contributed by atoms with Gasteiger partial charge in [0.1, 0.15) is 11.8 Å². The Morgan fingerprint density at radius 2 is 2.42 bits per heavy atom. The van der Waals surface area contributed by atoms with Crippen LogP contribution in [-0.2, 0) is 0 Å². The van der Waals surface area contributed by atoms with Crippen molar-refractivity contribution in [3.8, 4) is 0 Å². The van der Waals surface area contributed by atoms with Crippen molar-refractivity contribution < 1.29 is 9.90 Å².